The Labute approximate surface area is 52.6 Å². The van der Waals surface area contributed by atoms with Gasteiger partial charge in [-0.3, -0.25) is 0 Å². The fraction of sp³-hybridized carbons (Fsp3) is 0.750. The summed E-state index contributed by atoms with van der Waals surface area (Å²) in [5.41, 5.74) is 1.54. The zero-order chi connectivity index (χ0) is 6.41. The van der Waals surface area contributed by atoms with Crippen LogP contribution in [0.25, 0.3) is 0 Å². The third-order valence-electron chi connectivity index (χ3n) is 1.20. The molecule has 0 rings (SSSR count). The lowest BCUT2D eigenvalue weighted by Gasteiger charge is -1.93. The maximum absolute atomic E-state index is 2.30. The van der Waals surface area contributed by atoms with Gasteiger partial charge in [0.05, 0.1) is 0 Å². The predicted octanol–water partition coefficient (Wildman–Crippen LogP) is 3.14. The molecule has 0 amide bonds. The van der Waals surface area contributed by atoms with E-state index in [1.807, 2.05) is 0 Å². The van der Waals surface area contributed by atoms with Gasteiger partial charge in [0, 0.05) is 0 Å². The maximum atomic E-state index is 2.30. The topological polar surface area (TPSA) is 0 Å². The van der Waals surface area contributed by atoms with Gasteiger partial charge >= 0.3 is 0 Å². The van der Waals surface area contributed by atoms with Crippen molar-refractivity contribution < 1.29 is 0 Å². The molecule has 8 heavy (non-hydrogen) atoms. The molecule has 0 aliphatic rings. The van der Waals surface area contributed by atoms with E-state index in [0.717, 1.165) is 0 Å². The van der Waals surface area contributed by atoms with Gasteiger partial charge < -0.3 is 0 Å². The SMILES string of the molecule is CCC=C(C)CCC. The highest BCUT2D eigenvalue weighted by Crippen LogP contribution is 2.02. The largest absolute Gasteiger partial charge is 0.0859 e. The second-order valence-electron chi connectivity index (χ2n) is 2.21. The van der Waals surface area contributed by atoms with Crippen molar-refractivity contribution in [1.82, 2.24) is 0 Å². The van der Waals surface area contributed by atoms with Crippen LogP contribution in [0.1, 0.15) is 40.0 Å². The van der Waals surface area contributed by atoms with Crippen molar-refractivity contribution in [2.24, 2.45) is 0 Å². The predicted molar refractivity (Wildman–Crippen MR) is 39.0 cm³/mol. The summed E-state index contributed by atoms with van der Waals surface area (Å²) in [6, 6.07) is 0. The molecule has 0 aliphatic carbocycles. The maximum Gasteiger partial charge on any atom is -0.0326 e. The molecule has 0 fully saturated rings. The Kier molecular flexibility index (Phi) is 4.73. The fourth-order valence-corrected chi connectivity index (χ4v) is 0.845. The standard InChI is InChI=1S/C8H16/c1-4-6-8(3)7-5-2/h6H,4-5,7H2,1-3H3. The van der Waals surface area contributed by atoms with E-state index in [0.29, 0.717) is 0 Å². The summed E-state index contributed by atoms with van der Waals surface area (Å²) >= 11 is 0. The first-order chi connectivity index (χ1) is 3.81. The van der Waals surface area contributed by atoms with Gasteiger partial charge in [0.15, 0.2) is 0 Å². The van der Waals surface area contributed by atoms with Crippen LogP contribution >= 0.6 is 0 Å². The van der Waals surface area contributed by atoms with Crippen LogP contribution in [0.15, 0.2) is 11.6 Å². The third kappa shape index (κ3) is 3.91. The molecule has 0 aromatic heterocycles. The van der Waals surface area contributed by atoms with Gasteiger partial charge in [0.1, 0.15) is 0 Å². The van der Waals surface area contributed by atoms with Crippen molar-refractivity contribution in [3.63, 3.8) is 0 Å². The van der Waals surface area contributed by atoms with E-state index < -0.39 is 0 Å². The van der Waals surface area contributed by atoms with E-state index >= 15 is 0 Å². The summed E-state index contributed by atoms with van der Waals surface area (Å²) in [4.78, 5) is 0. The second-order valence-corrected chi connectivity index (χ2v) is 2.21. The Morgan fingerprint density at radius 2 is 2.00 bits per heavy atom. The Morgan fingerprint density at radius 3 is 2.38 bits per heavy atom. The molecular formula is C8H16. The molecule has 0 unspecified atom stereocenters. The zero-order valence-electron chi connectivity index (χ0n) is 6.20. The average molecular weight is 112 g/mol. The van der Waals surface area contributed by atoms with Crippen LogP contribution in [0.2, 0.25) is 0 Å². The third-order valence-corrected chi connectivity index (χ3v) is 1.20. The number of rotatable bonds is 3. The molecule has 0 aromatic carbocycles. The number of allylic oxidation sites excluding steroid dienone is 2. The molecule has 0 saturated heterocycles. The summed E-state index contributed by atoms with van der Waals surface area (Å²) in [6.07, 6.45) is 6.03. The Bertz CT molecular complexity index is 70.1. The van der Waals surface area contributed by atoms with Crippen LogP contribution in [-0.4, -0.2) is 0 Å². The van der Waals surface area contributed by atoms with E-state index in [2.05, 4.69) is 26.8 Å². The lowest BCUT2D eigenvalue weighted by Crippen LogP contribution is -1.72. The van der Waals surface area contributed by atoms with Crippen molar-refractivity contribution in [3.05, 3.63) is 11.6 Å². The molecule has 0 heterocycles. The zero-order valence-corrected chi connectivity index (χ0v) is 6.20. The summed E-state index contributed by atoms with van der Waals surface area (Å²) in [7, 11) is 0. The van der Waals surface area contributed by atoms with Gasteiger partial charge in [-0.25, -0.2) is 0 Å². The Morgan fingerprint density at radius 1 is 1.38 bits per heavy atom. The lowest BCUT2D eigenvalue weighted by atomic mass is 10.1. The minimum absolute atomic E-state index is 1.19. The van der Waals surface area contributed by atoms with Gasteiger partial charge in [-0.2, -0.15) is 0 Å². The summed E-state index contributed by atoms with van der Waals surface area (Å²) in [6.45, 7) is 6.60. The van der Waals surface area contributed by atoms with E-state index in [9.17, 15) is 0 Å². The second kappa shape index (κ2) is 4.89. The molecule has 0 atom stereocenters. The van der Waals surface area contributed by atoms with Crippen LogP contribution < -0.4 is 0 Å². The van der Waals surface area contributed by atoms with Gasteiger partial charge in [0.2, 0.25) is 0 Å². The summed E-state index contributed by atoms with van der Waals surface area (Å²) < 4.78 is 0. The molecule has 0 nitrogen and oxygen atoms in total. The molecule has 0 spiro atoms. The highest BCUT2D eigenvalue weighted by atomic mass is 13.9. The molecule has 0 saturated carbocycles. The molecule has 0 aromatic rings. The van der Waals surface area contributed by atoms with Crippen molar-refractivity contribution in [1.29, 1.82) is 0 Å². The van der Waals surface area contributed by atoms with Crippen molar-refractivity contribution in [2.75, 3.05) is 0 Å². The normalized spacial score (nSPS) is 12.1. The van der Waals surface area contributed by atoms with Crippen LogP contribution in [0.4, 0.5) is 0 Å². The number of hydrogen-bond donors (Lipinski definition) is 0. The van der Waals surface area contributed by atoms with Crippen LogP contribution in [0, 0.1) is 0 Å². The highest BCUT2D eigenvalue weighted by molar-refractivity contribution is 4.96. The fourth-order valence-electron chi connectivity index (χ4n) is 0.845. The van der Waals surface area contributed by atoms with E-state index in [1.54, 1.807) is 0 Å². The van der Waals surface area contributed by atoms with Gasteiger partial charge in [0.25, 0.3) is 0 Å². The van der Waals surface area contributed by atoms with Gasteiger partial charge in [-0.05, 0) is 19.8 Å². The van der Waals surface area contributed by atoms with Crippen molar-refractivity contribution in [3.8, 4) is 0 Å². The smallest absolute Gasteiger partial charge is 0.0326 e. The monoisotopic (exact) mass is 112 g/mol. The molecule has 0 bridgehead atoms. The number of hydrogen-bond acceptors (Lipinski definition) is 0. The average Bonchev–Trinajstić information content (AvgIpc) is 1.68. The van der Waals surface area contributed by atoms with Crippen LogP contribution in [-0.2, 0) is 0 Å². The van der Waals surface area contributed by atoms with E-state index in [4.69, 9.17) is 0 Å². The first-order valence-electron chi connectivity index (χ1n) is 3.46. The van der Waals surface area contributed by atoms with Crippen LogP contribution in [0.3, 0.4) is 0 Å². The lowest BCUT2D eigenvalue weighted by molar-refractivity contribution is 0.896. The van der Waals surface area contributed by atoms with Gasteiger partial charge in [-0.1, -0.05) is 31.9 Å². The molecule has 0 heteroatoms. The summed E-state index contributed by atoms with van der Waals surface area (Å²) in [5.74, 6) is 0. The quantitative estimate of drug-likeness (QED) is 0.492. The molecule has 0 radical (unpaired) electrons. The minimum atomic E-state index is 1.19. The summed E-state index contributed by atoms with van der Waals surface area (Å²) in [5, 5.41) is 0. The van der Waals surface area contributed by atoms with Crippen molar-refractivity contribution >= 4 is 0 Å². The van der Waals surface area contributed by atoms with Crippen molar-refractivity contribution in [2.45, 2.75) is 40.0 Å². The van der Waals surface area contributed by atoms with E-state index in [-0.39, 0.29) is 0 Å². The van der Waals surface area contributed by atoms with E-state index in [1.165, 1.54) is 24.8 Å². The molecule has 48 valence electrons. The van der Waals surface area contributed by atoms with Crippen LogP contribution in [0.5, 0.6) is 0 Å². The minimum Gasteiger partial charge on any atom is -0.0859 e. The molecular weight excluding hydrogens is 96.1 g/mol. The molecule has 0 N–H and O–H groups in total. The molecule has 0 aliphatic heterocycles. The Hall–Kier alpha value is -0.260. The van der Waals surface area contributed by atoms with Gasteiger partial charge in [-0.15, -0.1) is 0 Å². The first kappa shape index (κ1) is 7.74. The highest BCUT2D eigenvalue weighted by Gasteiger charge is 1.82. The Balaban J connectivity index is 3.29. The first-order valence-corrected chi connectivity index (χ1v) is 3.46.